The van der Waals surface area contributed by atoms with Crippen molar-refractivity contribution in [3.8, 4) is 0 Å². The van der Waals surface area contributed by atoms with Crippen LogP contribution in [0.5, 0.6) is 0 Å². The molecule has 0 radical (unpaired) electrons. The zero-order chi connectivity index (χ0) is 16.1. The van der Waals surface area contributed by atoms with E-state index < -0.39 is 12.2 Å². The fraction of sp³-hybridized carbons (Fsp3) is 0.842. The van der Waals surface area contributed by atoms with Crippen LogP contribution in [0.1, 0.15) is 46.0 Å². The molecule has 2 N–H and O–H groups in total. The van der Waals surface area contributed by atoms with Crippen LogP contribution < -0.4 is 0 Å². The molecule has 0 aromatic rings. The van der Waals surface area contributed by atoms with Gasteiger partial charge in [-0.2, -0.15) is 0 Å². The number of ether oxygens (including phenoxy) is 1. The molecule has 1 aliphatic heterocycles. The lowest BCUT2D eigenvalue weighted by Crippen LogP contribution is -2.55. The van der Waals surface area contributed by atoms with E-state index in [0.717, 1.165) is 19.3 Å². The lowest BCUT2D eigenvalue weighted by Gasteiger charge is -2.56. The smallest absolute Gasteiger partial charge is 0.155 e. The van der Waals surface area contributed by atoms with Gasteiger partial charge in [0.15, 0.2) is 5.78 Å². The van der Waals surface area contributed by atoms with Gasteiger partial charge >= 0.3 is 0 Å². The first-order valence-corrected chi connectivity index (χ1v) is 9.13. The summed E-state index contributed by atoms with van der Waals surface area (Å²) in [5.74, 6) is 1.15. The van der Waals surface area contributed by atoms with Crippen molar-refractivity contribution >= 4 is 5.78 Å². The van der Waals surface area contributed by atoms with Crippen molar-refractivity contribution in [3.05, 3.63) is 11.6 Å². The second kappa shape index (κ2) is 4.27. The SMILES string of the molecule is C[C@]12CC[C@H]3[C@@H]([C@H]4O[C@H]4C4=CC(=O)CC[C@@]43C)[C@@H]1[C@@H](O)C[C@@H]2O. The predicted molar refractivity (Wildman–Crippen MR) is 83.5 cm³/mol. The van der Waals surface area contributed by atoms with Crippen molar-refractivity contribution in [3.63, 3.8) is 0 Å². The van der Waals surface area contributed by atoms with Gasteiger partial charge in [0.1, 0.15) is 6.10 Å². The number of carbonyl (C=O) groups is 1. The molecule has 23 heavy (non-hydrogen) atoms. The molecule has 3 saturated carbocycles. The Hall–Kier alpha value is -0.710. The van der Waals surface area contributed by atoms with Crippen molar-refractivity contribution in [1.82, 2.24) is 0 Å². The quantitative estimate of drug-likeness (QED) is 0.669. The minimum atomic E-state index is -0.424. The van der Waals surface area contributed by atoms with E-state index in [9.17, 15) is 15.0 Å². The Morgan fingerprint density at radius 1 is 1.26 bits per heavy atom. The van der Waals surface area contributed by atoms with Gasteiger partial charge in [0.2, 0.25) is 0 Å². The highest BCUT2D eigenvalue weighted by molar-refractivity contribution is 5.92. The third-order valence-corrected chi connectivity index (χ3v) is 8.17. The van der Waals surface area contributed by atoms with Gasteiger partial charge in [0.25, 0.3) is 0 Å². The van der Waals surface area contributed by atoms with Crippen molar-refractivity contribution in [2.75, 3.05) is 0 Å². The second-order valence-corrected chi connectivity index (χ2v) is 9.08. The Morgan fingerprint density at radius 3 is 2.83 bits per heavy atom. The summed E-state index contributed by atoms with van der Waals surface area (Å²) in [6, 6.07) is 0. The highest BCUT2D eigenvalue weighted by Gasteiger charge is 2.70. The molecular weight excluding hydrogens is 292 g/mol. The molecule has 1 saturated heterocycles. The Bertz CT molecular complexity index is 612. The Kier molecular flexibility index (Phi) is 2.72. The van der Waals surface area contributed by atoms with Gasteiger partial charge in [-0.05, 0) is 59.5 Å². The largest absolute Gasteiger partial charge is 0.393 e. The maximum Gasteiger partial charge on any atom is 0.155 e. The molecule has 126 valence electrons. The monoisotopic (exact) mass is 318 g/mol. The Labute approximate surface area is 136 Å². The van der Waals surface area contributed by atoms with Crippen LogP contribution in [-0.4, -0.2) is 40.4 Å². The van der Waals surface area contributed by atoms with Crippen LogP contribution in [0.2, 0.25) is 0 Å². The van der Waals surface area contributed by atoms with Gasteiger partial charge in [-0.3, -0.25) is 4.79 Å². The molecule has 0 aromatic carbocycles. The van der Waals surface area contributed by atoms with Gasteiger partial charge in [0.05, 0.1) is 18.3 Å². The summed E-state index contributed by atoms with van der Waals surface area (Å²) in [7, 11) is 0. The molecule has 0 unspecified atom stereocenters. The minimum absolute atomic E-state index is 0.0326. The maximum absolute atomic E-state index is 11.9. The topological polar surface area (TPSA) is 70.1 Å². The van der Waals surface area contributed by atoms with Crippen LogP contribution in [0.25, 0.3) is 0 Å². The standard InChI is InChI=1S/C19H26O4/c1-18-5-3-9(20)7-11(18)16-17(23-16)14-10(18)4-6-19(2)13(22)8-12(21)15(14)19/h7,10,12-17,21-22H,3-6,8H2,1-2H3/t10-,12-,13-,14+,15-,16-,17+,18+,19+/m0/s1. The number of hydrogen-bond acceptors (Lipinski definition) is 4. The molecular formula is C19H26O4. The molecule has 4 nitrogen and oxygen atoms in total. The normalized spacial score (nSPS) is 60.3. The predicted octanol–water partition coefficient (Wildman–Crippen LogP) is 1.84. The Morgan fingerprint density at radius 2 is 2.04 bits per heavy atom. The van der Waals surface area contributed by atoms with Crippen LogP contribution in [0, 0.1) is 28.6 Å². The summed E-state index contributed by atoms with van der Waals surface area (Å²) in [5, 5.41) is 21.2. The molecule has 0 bridgehead atoms. The van der Waals surface area contributed by atoms with E-state index in [0.29, 0.717) is 24.7 Å². The van der Waals surface area contributed by atoms with E-state index in [1.165, 1.54) is 5.57 Å². The van der Waals surface area contributed by atoms with Crippen molar-refractivity contribution in [2.45, 2.75) is 70.4 Å². The third-order valence-electron chi connectivity index (χ3n) is 8.17. The van der Waals surface area contributed by atoms with Crippen LogP contribution in [0.4, 0.5) is 0 Å². The van der Waals surface area contributed by atoms with E-state index in [1.54, 1.807) is 0 Å². The van der Waals surface area contributed by atoms with E-state index in [-0.39, 0.29) is 34.7 Å². The van der Waals surface area contributed by atoms with E-state index >= 15 is 0 Å². The van der Waals surface area contributed by atoms with E-state index in [4.69, 9.17) is 4.74 Å². The highest BCUT2D eigenvalue weighted by atomic mass is 16.6. The van der Waals surface area contributed by atoms with Crippen LogP contribution in [0.15, 0.2) is 11.6 Å². The number of rotatable bonds is 0. The Balaban J connectivity index is 1.59. The van der Waals surface area contributed by atoms with Crippen molar-refractivity contribution < 1.29 is 19.7 Å². The average molecular weight is 318 g/mol. The number of carbonyl (C=O) groups excluding carboxylic acids is 1. The summed E-state index contributed by atoms with van der Waals surface area (Å²) in [4.78, 5) is 11.9. The second-order valence-electron chi connectivity index (χ2n) is 9.08. The van der Waals surface area contributed by atoms with Gasteiger partial charge in [-0.25, -0.2) is 0 Å². The zero-order valence-electron chi connectivity index (χ0n) is 13.9. The molecule has 9 atom stereocenters. The van der Waals surface area contributed by atoms with Crippen LogP contribution >= 0.6 is 0 Å². The average Bonchev–Trinajstić information content (AvgIpc) is 3.24. The van der Waals surface area contributed by atoms with E-state index in [1.807, 2.05) is 6.08 Å². The molecule has 5 aliphatic rings. The molecule has 0 aromatic heterocycles. The lowest BCUT2D eigenvalue weighted by atomic mass is 9.47. The number of fused-ring (bicyclic) bond motifs is 8. The third kappa shape index (κ3) is 1.65. The minimum Gasteiger partial charge on any atom is -0.393 e. The van der Waals surface area contributed by atoms with Crippen molar-refractivity contribution in [1.29, 1.82) is 0 Å². The van der Waals surface area contributed by atoms with Gasteiger partial charge in [-0.15, -0.1) is 0 Å². The first kappa shape index (κ1) is 14.6. The first-order chi connectivity index (χ1) is 10.9. The van der Waals surface area contributed by atoms with E-state index in [2.05, 4.69) is 13.8 Å². The molecule has 4 fully saturated rings. The molecule has 0 spiro atoms. The fourth-order valence-electron chi connectivity index (χ4n) is 6.83. The molecule has 5 rings (SSSR count). The maximum atomic E-state index is 11.9. The van der Waals surface area contributed by atoms with Crippen LogP contribution in [0.3, 0.4) is 0 Å². The number of aliphatic hydroxyl groups is 2. The van der Waals surface area contributed by atoms with Gasteiger partial charge < -0.3 is 14.9 Å². The van der Waals surface area contributed by atoms with Gasteiger partial charge in [-0.1, -0.05) is 13.8 Å². The number of hydrogen-bond donors (Lipinski definition) is 2. The molecule has 0 amide bonds. The fourth-order valence-corrected chi connectivity index (χ4v) is 6.83. The van der Waals surface area contributed by atoms with Gasteiger partial charge in [0, 0.05) is 12.8 Å². The molecule has 4 heteroatoms. The summed E-state index contributed by atoms with van der Waals surface area (Å²) >= 11 is 0. The van der Waals surface area contributed by atoms with Crippen LogP contribution in [-0.2, 0) is 9.53 Å². The number of aliphatic hydroxyl groups excluding tert-OH is 2. The highest BCUT2D eigenvalue weighted by Crippen LogP contribution is 2.69. The first-order valence-electron chi connectivity index (χ1n) is 9.13. The number of ketones is 1. The van der Waals surface area contributed by atoms with Crippen molar-refractivity contribution in [2.24, 2.45) is 28.6 Å². The summed E-state index contributed by atoms with van der Waals surface area (Å²) in [6.45, 7) is 4.46. The zero-order valence-corrected chi connectivity index (χ0v) is 13.9. The molecule has 1 heterocycles. The lowest BCUT2D eigenvalue weighted by molar-refractivity contribution is -0.118. The summed E-state index contributed by atoms with van der Waals surface area (Å²) in [5.41, 5.74) is 1.07. The number of epoxide rings is 1. The summed E-state index contributed by atoms with van der Waals surface area (Å²) in [6.07, 6.45) is 5.33. The molecule has 4 aliphatic carbocycles. The summed E-state index contributed by atoms with van der Waals surface area (Å²) < 4.78 is 6.05.